The molecular formula is C19H26N4O4S2. The van der Waals surface area contributed by atoms with Gasteiger partial charge in [0.05, 0.1) is 32.1 Å². The third-order valence-corrected chi connectivity index (χ3v) is 6.53. The van der Waals surface area contributed by atoms with E-state index in [2.05, 4.69) is 20.8 Å². The van der Waals surface area contributed by atoms with Gasteiger partial charge in [0.25, 0.3) is 0 Å². The number of benzene rings is 1. The largest absolute Gasteiger partial charge is 0.497 e. The SMILES string of the molecule is COc1ccc(OC)c(C(C)NC(=O)CSc2nnc(NCC3CCCO3)s2)c1. The summed E-state index contributed by atoms with van der Waals surface area (Å²) >= 11 is 2.81. The van der Waals surface area contributed by atoms with E-state index in [1.54, 1.807) is 14.2 Å². The first-order valence-electron chi connectivity index (χ1n) is 9.42. The van der Waals surface area contributed by atoms with Crippen LogP contribution in [0.25, 0.3) is 0 Å². The first-order chi connectivity index (χ1) is 14.1. The molecule has 0 aliphatic carbocycles. The first kappa shape index (κ1) is 21.7. The van der Waals surface area contributed by atoms with Gasteiger partial charge in [0.1, 0.15) is 11.5 Å². The van der Waals surface area contributed by atoms with Crippen LogP contribution in [0.15, 0.2) is 22.5 Å². The normalized spacial score (nSPS) is 17.0. The molecule has 1 amide bonds. The number of carbonyl (C=O) groups is 1. The van der Waals surface area contributed by atoms with Gasteiger partial charge in [-0.2, -0.15) is 0 Å². The van der Waals surface area contributed by atoms with Crippen LogP contribution in [-0.2, 0) is 9.53 Å². The number of hydrogen-bond donors (Lipinski definition) is 2. The van der Waals surface area contributed by atoms with E-state index in [0.717, 1.165) is 41.0 Å². The lowest BCUT2D eigenvalue weighted by molar-refractivity contribution is -0.119. The van der Waals surface area contributed by atoms with Crippen molar-refractivity contribution in [2.24, 2.45) is 0 Å². The molecule has 2 heterocycles. The van der Waals surface area contributed by atoms with E-state index in [9.17, 15) is 4.79 Å². The molecular weight excluding hydrogens is 412 g/mol. The van der Waals surface area contributed by atoms with Crippen molar-refractivity contribution in [3.05, 3.63) is 23.8 Å². The fourth-order valence-electron chi connectivity index (χ4n) is 3.01. The molecule has 1 aliphatic rings. The van der Waals surface area contributed by atoms with Gasteiger partial charge in [-0.25, -0.2) is 0 Å². The lowest BCUT2D eigenvalue weighted by Crippen LogP contribution is -2.28. The van der Waals surface area contributed by atoms with Crippen LogP contribution in [0.3, 0.4) is 0 Å². The van der Waals surface area contributed by atoms with Crippen LogP contribution < -0.4 is 20.1 Å². The summed E-state index contributed by atoms with van der Waals surface area (Å²) < 4.78 is 17.0. The van der Waals surface area contributed by atoms with Crippen LogP contribution in [-0.4, -0.2) is 55.3 Å². The van der Waals surface area contributed by atoms with Gasteiger partial charge < -0.3 is 24.8 Å². The van der Waals surface area contributed by atoms with Crippen LogP contribution >= 0.6 is 23.1 Å². The van der Waals surface area contributed by atoms with E-state index in [4.69, 9.17) is 14.2 Å². The molecule has 158 valence electrons. The van der Waals surface area contributed by atoms with Crippen LogP contribution in [0.1, 0.15) is 31.4 Å². The molecule has 2 unspecified atom stereocenters. The van der Waals surface area contributed by atoms with Crippen molar-refractivity contribution < 1.29 is 19.0 Å². The van der Waals surface area contributed by atoms with Crippen molar-refractivity contribution in [3.8, 4) is 11.5 Å². The quantitative estimate of drug-likeness (QED) is 0.547. The average molecular weight is 439 g/mol. The maximum absolute atomic E-state index is 12.4. The Morgan fingerprint density at radius 3 is 2.97 bits per heavy atom. The first-order valence-corrected chi connectivity index (χ1v) is 11.2. The molecule has 1 aromatic heterocycles. The molecule has 0 bridgehead atoms. The van der Waals surface area contributed by atoms with Crippen LogP contribution in [0.4, 0.5) is 5.13 Å². The fourth-order valence-corrected chi connectivity index (χ4v) is 4.58. The molecule has 2 atom stereocenters. The fraction of sp³-hybridized carbons (Fsp3) is 0.526. The highest BCUT2D eigenvalue weighted by Crippen LogP contribution is 2.30. The Morgan fingerprint density at radius 1 is 1.38 bits per heavy atom. The standard InChI is InChI=1S/C19H26N4O4S2/c1-12(15-9-13(25-2)6-7-16(15)26-3)21-17(24)11-28-19-23-22-18(29-19)20-10-14-5-4-8-27-14/h6-7,9,12,14H,4-5,8,10-11H2,1-3H3,(H,20,22)(H,21,24). The molecule has 1 saturated heterocycles. The van der Waals surface area contributed by atoms with Crippen molar-refractivity contribution in [2.75, 3.05) is 38.4 Å². The van der Waals surface area contributed by atoms with Crippen LogP contribution in [0.5, 0.6) is 11.5 Å². The third-order valence-electron chi connectivity index (χ3n) is 4.52. The second-order valence-electron chi connectivity index (χ2n) is 6.57. The van der Waals surface area contributed by atoms with Gasteiger partial charge in [0.15, 0.2) is 4.34 Å². The van der Waals surface area contributed by atoms with Crippen molar-refractivity contribution >= 4 is 34.1 Å². The number of thioether (sulfide) groups is 1. The summed E-state index contributed by atoms with van der Waals surface area (Å²) in [7, 11) is 3.22. The summed E-state index contributed by atoms with van der Waals surface area (Å²) in [6.07, 6.45) is 2.43. The Labute approximate surface area is 178 Å². The van der Waals surface area contributed by atoms with Gasteiger partial charge in [0, 0.05) is 18.7 Å². The van der Waals surface area contributed by atoms with Crippen LogP contribution in [0, 0.1) is 0 Å². The third kappa shape index (κ3) is 6.22. The smallest absolute Gasteiger partial charge is 0.230 e. The van der Waals surface area contributed by atoms with Gasteiger partial charge in [-0.15, -0.1) is 10.2 Å². The second kappa shape index (κ2) is 10.7. The van der Waals surface area contributed by atoms with Crippen LogP contribution in [0.2, 0.25) is 0 Å². The molecule has 1 aliphatic heterocycles. The minimum atomic E-state index is -0.216. The summed E-state index contributed by atoms with van der Waals surface area (Å²) in [5.74, 6) is 1.60. The Hall–Kier alpha value is -2.04. The van der Waals surface area contributed by atoms with E-state index in [1.807, 2.05) is 25.1 Å². The molecule has 0 radical (unpaired) electrons. The molecule has 1 aromatic carbocycles. The minimum Gasteiger partial charge on any atom is -0.497 e. The maximum Gasteiger partial charge on any atom is 0.230 e. The highest BCUT2D eigenvalue weighted by Gasteiger charge is 2.17. The van der Waals surface area contributed by atoms with Crippen molar-refractivity contribution in [3.63, 3.8) is 0 Å². The number of carbonyl (C=O) groups excluding carboxylic acids is 1. The monoisotopic (exact) mass is 438 g/mol. The number of rotatable bonds is 10. The number of methoxy groups -OCH3 is 2. The minimum absolute atomic E-state index is 0.0866. The van der Waals surface area contributed by atoms with Gasteiger partial charge in [-0.3, -0.25) is 4.79 Å². The Balaban J connectivity index is 1.47. The number of anilines is 1. The summed E-state index contributed by atoms with van der Waals surface area (Å²) in [5.41, 5.74) is 0.863. The predicted molar refractivity (Wildman–Crippen MR) is 114 cm³/mol. The summed E-state index contributed by atoms with van der Waals surface area (Å²) in [6.45, 7) is 3.48. The highest BCUT2D eigenvalue weighted by molar-refractivity contribution is 8.01. The lowest BCUT2D eigenvalue weighted by Gasteiger charge is -2.18. The summed E-state index contributed by atoms with van der Waals surface area (Å²) in [4.78, 5) is 12.4. The Morgan fingerprint density at radius 2 is 2.24 bits per heavy atom. The van der Waals surface area contributed by atoms with Gasteiger partial charge in [-0.1, -0.05) is 23.1 Å². The molecule has 0 saturated carbocycles. The zero-order valence-electron chi connectivity index (χ0n) is 16.8. The Kier molecular flexibility index (Phi) is 7.96. The number of aromatic nitrogens is 2. The molecule has 1 fully saturated rings. The second-order valence-corrected chi connectivity index (χ2v) is 8.77. The van der Waals surface area contributed by atoms with E-state index >= 15 is 0 Å². The molecule has 10 heteroatoms. The Bertz CT molecular complexity index is 811. The molecule has 2 aromatic rings. The van der Waals surface area contributed by atoms with Crippen molar-refractivity contribution in [1.82, 2.24) is 15.5 Å². The average Bonchev–Trinajstić information content (AvgIpc) is 3.42. The maximum atomic E-state index is 12.4. The van der Waals surface area contributed by atoms with Gasteiger partial charge in [-0.05, 0) is 38.0 Å². The molecule has 3 rings (SSSR count). The molecule has 0 spiro atoms. The summed E-state index contributed by atoms with van der Waals surface area (Å²) in [6, 6.07) is 5.31. The molecule has 8 nitrogen and oxygen atoms in total. The number of nitrogens with zero attached hydrogens (tertiary/aromatic N) is 2. The van der Waals surface area contributed by atoms with Crippen molar-refractivity contribution in [1.29, 1.82) is 0 Å². The number of nitrogens with one attached hydrogen (secondary N) is 2. The van der Waals surface area contributed by atoms with E-state index < -0.39 is 0 Å². The van der Waals surface area contributed by atoms with E-state index in [-0.39, 0.29) is 23.8 Å². The number of hydrogen-bond acceptors (Lipinski definition) is 9. The number of ether oxygens (including phenoxy) is 3. The summed E-state index contributed by atoms with van der Waals surface area (Å²) in [5, 5.41) is 15.2. The van der Waals surface area contributed by atoms with E-state index in [0.29, 0.717) is 11.5 Å². The highest BCUT2D eigenvalue weighted by atomic mass is 32.2. The zero-order chi connectivity index (χ0) is 20.6. The topological polar surface area (TPSA) is 94.6 Å². The van der Waals surface area contributed by atoms with Crippen molar-refractivity contribution in [2.45, 2.75) is 36.3 Å². The zero-order valence-corrected chi connectivity index (χ0v) is 18.4. The predicted octanol–water partition coefficient (Wildman–Crippen LogP) is 3.12. The van der Waals surface area contributed by atoms with Gasteiger partial charge in [0.2, 0.25) is 11.0 Å². The number of amides is 1. The van der Waals surface area contributed by atoms with E-state index in [1.165, 1.54) is 23.1 Å². The molecule has 2 N–H and O–H groups in total. The molecule has 29 heavy (non-hydrogen) atoms. The van der Waals surface area contributed by atoms with Gasteiger partial charge >= 0.3 is 0 Å². The lowest BCUT2D eigenvalue weighted by atomic mass is 10.1.